The molecule has 1 aromatic carbocycles. The molecule has 1 amide bonds. The molecule has 1 heterocycles. The highest BCUT2D eigenvalue weighted by atomic mass is 16.6. The molecule has 0 atom stereocenters. The van der Waals surface area contributed by atoms with E-state index >= 15 is 0 Å². The maximum absolute atomic E-state index is 11.3. The van der Waals surface area contributed by atoms with Gasteiger partial charge in [-0.05, 0) is 30.2 Å². The van der Waals surface area contributed by atoms with Crippen LogP contribution in [0.15, 0.2) is 18.2 Å². The second-order valence-corrected chi connectivity index (χ2v) is 3.50. The summed E-state index contributed by atoms with van der Waals surface area (Å²) >= 11 is 0. The van der Waals surface area contributed by atoms with Crippen LogP contribution in [0, 0.1) is 0 Å². The molecule has 0 unspecified atom stereocenters. The third kappa shape index (κ3) is 1.75. The Balaban J connectivity index is 2.32. The normalized spacial score (nSPS) is 15.5. The minimum Gasteiger partial charge on any atom is -0.447 e. The van der Waals surface area contributed by atoms with Gasteiger partial charge in [0.15, 0.2) is 0 Å². The van der Waals surface area contributed by atoms with Gasteiger partial charge in [0.2, 0.25) is 0 Å². The van der Waals surface area contributed by atoms with Crippen LogP contribution in [0.2, 0.25) is 0 Å². The van der Waals surface area contributed by atoms with Crippen LogP contribution in [0.3, 0.4) is 0 Å². The number of cyclic esters (lactones) is 1. The molecular formula is C11H14N2O2. The quantitative estimate of drug-likeness (QED) is 0.750. The highest BCUT2D eigenvalue weighted by molar-refractivity contribution is 5.89. The molecule has 0 bridgehead atoms. The summed E-state index contributed by atoms with van der Waals surface area (Å²) < 4.78 is 4.88. The lowest BCUT2D eigenvalue weighted by Crippen LogP contribution is -2.23. The molecular weight excluding hydrogens is 192 g/mol. The van der Waals surface area contributed by atoms with Gasteiger partial charge in [0, 0.05) is 11.4 Å². The minimum absolute atomic E-state index is 0.276. The average Bonchev–Trinajstić information content (AvgIpc) is 2.65. The number of anilines is 2. The molecule has 0 saturated carbocycles. The zero-order chi connectivity index (χ0) is 10.8. The van der Waals surface area contributed by atoms with Crippen molar-refractivity contribution in [3.8, 4) is 0 Å². The van der Waals surface area contributed by atoms with Crippen molar-refractivity contribution >= 4 is 17.5 Å². The van der Waals surface area contributed by atoms with Crippen molar-refractivity contribution in [2.75, 3.05) is 23.8 Å². The van der Waals surface area contributed by atoms with Gasteiger partial charge in [-0.3, -0.25) is 4.90 Å². The van der Waals surface area contributed by atoms with Gasteiger partial charge >= 0.3 is 6.09 Å². The lowest BCUT2D eigenvalue weighted by Gasteiger charge is -2.14. The van der Waals surface area contributed by atoms with Crippen LogP contribution < -0.4 is 10.6 Å². The summed E-state index contributed by atoms with van der Waals surface area (Å²) in [6, 6.07) is 5.63. The van der Waals surface area contributed by atoms with Crippen molar-refractivity contribution in [3.63, 3.8) is 0 Å². The summed E-state index contributed by atoms with van der Waals surface area (Å²) in [5, 5.41) is 0. The number of rotatable bonds is 2. The second kappa shape index (κ2) is 3.81. The summed E-state index contributed by atoms with van der Waals surface area (Å²) in [4.78, 5) is 13.0. The van der Waals surface area contributed by atoms with Crippen molar-refractivity contribution in [2.24, 2.45) is 0 Å². The molecule has 0 aliphatic carbocycles. The predicted molar refractivity (Wildman–Crippen MR) is 58.9 cm³/mol. The Kier molecular flexibility index (Phi) is 2.49. The number of benzene rings is 1. The number of hydrogen-bond donors (Lipinski definition) is 1. The molecule has 1 saturated heterocycles. The number of nitrogen functional groups attached to an aromatic ring is 1. The molecule has 4 nitrogen and oxygen atoms in total. The molecule has 4 heteroatoms. The first-order chi connectivity index (χ1) is 7.22. The Hall–Kier alpha value is -1.71. The van der Waals surface area contributed by atoms with Crippen LogP contribution in [0.25, 0.3) is 0 Å². The number of nitrogens with zero attached hydrogens (tertiary/aromatic N) is 1. The maximum atomic E-state index is 11.3. The van der Waals surface area contributed by atoms with Gasteiger partial charge in [-0.25, -0.2) is 4.79 Å². The standard InChI is InChI=1S/C11H14N2O2/c1-2-8-7-9(3-4-10(8)12)13-5-6-15-11(13)14/h3-4,7H,2,5-6,12H2,1H3. The van der Waals surface area contributed by atoms with Crippen LogP contribution in [0.5, 0.6) is 0 Å². The van der Waals surface area contributed by atoms with Gasteiger partial charge in [0.1, 0.15) is 6.61 Å². The molecule has 0 radical (unpaired) electrons. The van der Waals surface area contributed by atoms with Crippen LogP contribution in [0.1, 0.15) is 12.5 Å². The number of amides is 1. The number of ether oxygens (including phenoxy) is 1. The van der Waals surface area contributed by atoms with E-state index in [4.69, 9.17) is 10.5 Å². The Bertz CT molecular complexity index is 390. The van der Waals surface area contributed by atoms with Gasteiger partial charge < -0.3 is 10.5 Å². The van der Waals surface area contributed by atoms with E-state index in [0.29, 0.717) is 13.2 Å². The molecule has 2 rings (SSSR count). The highest BCUT2D eigenvalue weighted by Gasteiger charge is 2.23. The number of nitrogens with two attached hydrogens (primary N) is 1. The lowest BCUT2D eigenvalue weighted by molar-refractivity contribution is 0.181. The third-order valence-corrected chi connectivity index (χ3v) is 2.58. The fraction of sp³-hybridized carbons (Fsp3) is 0.364. The Morgan fingerprint density at radius 2 is 2.33 bits per heavy atom. The zero-order valence-corrected chi connectivity index (χ0v) is 8.69. The molecule has 2 N–H and O–H groups in total. The van der Waals surface area contributed by atoms with Crippen molar-refractivity contribution in [1.29, 1.82) is 0 Å². The van der Waals surface area contributed by atoms with E-state index < -0.39 is 0 Å². The van der Waals surface area contributed by atoms with Crippen molar-refractivity contribution in [1.82, 2.24) is 0 Å². The second-order valence-electron chi connectivity index (χ2n) is 3.50. The largest absolute Gasteiger partial charge is 0.447 e. The molecule has 15 heavy (non-hydrogen) atoms. The first-order valence-corrected chi connectivity index (χ1v) is 5.05. The van der Waals surface area contributed by atoms with Crippen molar-refractivity contribution in [3.05, 3.63) is 23.8 Å². The highest BCUT2D eigenvalue weighted by Crippen LogP contribution is 2.23. The average molecular weight is 206 g/mol. The van der Waals surface area contributed by atoms with Gasteiger partial charge in [0.25, 0.3) is 0 Å². The molecule has 80 valence electrons. The van der Waals surface area contributed by atoms with E-state index in [9.17, 15) is 4.79 Å². The van der Waals surface area contributed by atoms with E-state index in [1.165, 1.54) is 0 Å². The Labute approximate surface area is 88.6 Å². The molecule has 1 fully saturated rings. The fourth-order valence-corrected chi connectivity index (χ4v) is 1.69. The number of carbonyl (C=O) groups excluding carboxylic acids is 1. The SMILES string of the molecule is CCc1cc(N2CCOC2=O)ccc1N. The maximum Gasteiger partial charge on any atom is 0.414 e. The summed E-state index contributed by atoms with van der Waals surface area (Å²) in [5.41, 5.74) is 8.50. The van der Waals surface area contributed by atoms with Crippen LogP contribution >= 0.6 is 0 Å². The lowest BCUT2D eigenvalue weighted by atomic mass is 10.1. The molecule has 1 aliphatic rings. The van der Waals surface area contributed by atoms with Crippen molar-refractivity contribution in [2.45, 2.75) is 13.3 Å². The van der Waals surface area contributed by atoms with Gasteiger partial charge in [-0.2, -0.15) is 0 Å². The minimum atomic E-state index is -0.276. The van der Waals surface area contributed by atoms with E-state index in [0.717, 1.165) is 23.4 Å². The number of hydrogen-bond acceptors (Lipinski definition) is 3. The van der Waals surface area contributed by atoms with Crippen LogP contribution in [-0.4, -0.2) is 19.2 Å². The molecule has 0 spiro atoms. The van der Waals surface area contributed by atoms with Gasteiger partial charge in [0.05, 0.1) is 6.54 Å². The first-order valence-electron chi connectivity index (χ1n) is 5.05. The summed E-state index contributed by atoms with van der Waals surface area (Å²) in [6.45, 7) is 3.12. The topological polar surface area (TPSA) is 55.6 Å². The van der Waals surface area contributed by atoms with Gasteiger partial charge in [-0.1, -0.05) is 6.92 Å². The predicted octanol–water partition coefficient (Wildman–Crippen LogP) is 1.79. The van der Waals surface area contributed by atoms with Crippen molar-refractivity contribution < 1.29 is 9.53 Å². The third-order valence-electron chi connectivity index (χ3n) is 2.58. The molecule has 1 aliphatic heterocycles. The molecule has 1 aromatic rings. The van der Waals surface area contributed by atoms with Gasteiger partial charge in [-0.15, -0.1) is 0 Å². The summed E-state index contributed by atoms with van der Waals surface area (Å²) in [5.74, 6) is 0. The fourth-order valence-electron chi connectivity index (χ4n) is 1.69. The zero-order valence-electron chi connectivity index (χ0n) is 8.69. The summed E-state index contributed by atoms with van der Waals surface area (Å²) in [7, 11) is 0. The monoisotopic (exact) mass is 206 g/mol. The smallest absolute Gasteiger partial charge is 0.414 e. The van der Waals surface area contributed by atoms with E-state index in [1.807, 2.05) is 25.1 Å². The number of carbonyl (C=O) groups is 1. The van der Waals surface area contributed by atoms with E-state index in [1.54, 1.807) is 4.90 Å². The first kappa shape index (κ1) is 9.83. The van der Waals surface area contributed by atoms with E-state index in [-0.39, 0.29) is 6.09 Å². The van der Waals surface area contributed by atoms with Crippen LogP contribution in [0.4, 0.5) is 16.2 Å². The number of aryl methyl sites for hydroxylation is 1. The Morgan fingerprint density at radius 3 is 2.93 bits per heavy atom. The van der Waals surface area contributed by atoms with E-state index in [2.05, 4.69) is 0 Å². The van der Waals surface area contributed by atoms with Crippen LogP contribution in [-0.2, 0) is 11.2 Å². The Morgan fingerprint density at radius 1 is 1.53 bits per heavy atom. The molecule has 0 aromatic heterocycles. The summed E-state index contributed by atoms with van der Waals surface area (Å²) in [6.07, 6.45) is 0.588.